The molecule has 21 heavy (non-hydrogen) atoms. The summed E-state index contributed by atoms with van der Waals surface area (Å²) in [5.74, 6) is 0. The van der Waals surface area contributed by atoms with Crippen LogP contribution in [0.15, 0.2) is 106 Å². The lowest BCUT2D eigenvalue weighted by atomic mass is 10.2. The van der Waals surface area contributed by atoms with Gasteiger partial charge in [-0.05, 0) is 35.9 Å². The van der Waals surface area contributed by atoms with Crippen molar-refractivity contribution >= 4 is 17.0 Å². The van der Waals surface area contributed by atoms with Crippen LogP contribution in [-0.4, -0.2) is 0 Å². The summed E-state index contributed by atoms with van der Waals surface area (Å²) >= 11 is 0. The molecular weight excluding hydrogens is 272 g/mol. The Balaban J connectivity index is 1.96. The molecule has 0 radical (unpaired) electrons. The zero-order valence-electron chi connectivity index (χ0n) is 11.7. The Labute approximate surface area is 129 Å². The summed E-state index contributed by atoms with van der Waals surface area (Å²) in [7, 11) is -0.0323. The Morgan fingerprint density at radius 1 is 0.524 bits per heavy atom. The molecule has 0 aliphatic rings. The van der Waals surface area contributed by atoms with Crippen LogP contribution in [0.25, 0.3) is 6.08 Å². The molecule has 0 N–H and O–H groups in total. The molecule has 1 heteroatoms. The molecule has 0 saturated heterocycles. The van der Waals surface area contributed by atoms with Crippen molar-refractivity contribution in [3.05, 3.63) is 102 Å². The van der Waals surface area contributed by atoms with Crippen molar-refractivity contribution < 1.29 is 0 Å². The van der Waals surface area contributed by atoms with E-state index in [0.717, 1.165) is 0 Å². The van der Waals surface area contributed by atoms with Crippen molar-refractivity contribution in [2.75, 3.05) is 0 Å². The van der Waals surface area contributed by atoms with Crippen molar-refractivity contribution in [1.29, 1.82) is 0 Å². The minimum atomic E-state index is -0.0323. The molecule has 0 bridgehead atoms. The van der Waals surface area contributed by atoms with Gasteiger partial charge in [0.15, 0.2) is 9.79 Å². The Bertz CT molecular complexity index is 648. The quantitative estimate of drug-likeness (QED) is 0.565. The predicted molar refractivity (Wildman–Crippen MR) is 92.3 cm³/mol. The van der Waals surface area contributed by atoms with Gasteiger partial charge in [0.05, 0.1) is 10.9 Å². The maximum absolute atomic E-state index is 2.31. The normalized spacial score (nSPS) is 11.1. The summed E-state index contributed by atoms with van der Waals surface area (Å²) in [6, 6.07) is 31.8. The second kappa shape index (κ2) is 6.96. The fourth-order valence-corrected chi connectivity index (χ4v) is 3.92. The fraction of sp³-hybridized carbons (Fsp3) is 0. The van der Waals surface area contributed by atoms with Gasteiger partial charge >= 0.3 is 0 Å². The molecule has 3 rings (SSSR count). The first-order valence-electron chi connectivity index (χ1n) is 7.00. The van der Waals surface area contributed by atoms with E-state index in [1.807, 2.05) is 6.07 Å². The summed E-state index contributed by atoms with van der Waals surface area (Å²) in [4.78, 5) is 2.69. The van der Waals surface area contributed by atoms with Gasteiger partial charge in [0.1, 0.15) is 5.41 Å². The van der Waals surface area contributed by atoms with Crippen LogP contribution in [0.4, 0.5) is 0 Å². The lowest BCUT2D eigenvalue weighted by Gasteiger charge is -2.03. The van der Waals surface area contributed by atoms with Crippen LogP contribution in [0, 0.1) is 0 Å². The van der Waals surface area contributed by atoms with Crippen molar-refractivity contribution in [3.63, 3.8) is 0 Å². The average molecular weight is 289 g/mol. The van der Waals surface area contributed by atoms with Crippen molar-refractivity contribution in [3.8, 4) is 0 Å². The van der Waals surface area contributed by atoms with Gasteiger partial charge in [-0.25, -0.2) is 0 Å². The predicted octanol–water partition coefficient (Wildman–Crippen LogP) is 5.39. The van der Waals surface area contributed by atoms with Crippen LogP contribution in [0.3, 0.4) is 0 Å². The smallest absolute Gasteiger partial charge is 0.0622 e. The minimum Gasteiger partial charge on any atom is -0.0622 e. The standard InChI is InChI=1S/C20H17S/c1-4-10-18(11-5-1)16-17-21(19-12-6-2-7-13-19)20-14-8-3-9-15-20/h1-17H/q+1/b17-16+. The topological polar surface area (TPSA) is 0 Å². The molecule has 0 aliphatic carbocycles. The zero-order valence-corrected chi connectivity index (χ0v) is 12.5. The number of hydrogen-bond donors (Lipinski definition) is 0. The minimum absolute atomic E-state index is 0.0323. The van der Waals surface area contributed by atoms with Gasteiger partial charge in [-0.1, -0.05) is 66.7 Å². The number of hydrogen-bond acceptors (Lipinski definition) is 0. The molecule has 3 aromatic carbocycles. The Morgan fingerprint density at radius 3 is 1.43 bits per heavy atom. The summed E-state index contributed by atoms with van der Waals surface area (Å²) in [6.45, 7) is 0. The van der Waals surface area contributed by atoms with Gasteiger partial charge in [-0.3, -0.25) is 0 Å². The third-order valence-electron chi connectivity index (χ3n) is 3.19. The molecule has 0 aromatic heterocycles. The lowest BCUT2D eigenvalue weighted by Crippen LogP contribution is -1.99. The third kappa shape index (κ3) is 3.65. The van der Waals surface area contributed by atoms with E-state index in [9.17, 15) is 0 Å². The monoisotopic (exact) mass is 289 g/mol. The van der Waals surface area contributed by atoms with E-state index < -0.39 is 0 Å². The van der Waals surface area contributed by atoms with Crippen LogP contribution >= 0.6 is 0 Å². The fourth-order valence-electron chi connectivity index (χ4n) is 2.14. The van der Waals surface area contributed by atoms with E-state index in [1.165, 1.54) is 15.4 Å². The largest absolute Gasteiger partial charge is 0.165 e. The van der Waals surface area contributed by atoms with Crippen molar-refractivity contribution in [2.24, 2.45) is 0 Å². The highest BCUT2D eigenvalue weighted by Gasteiger charge is 2.21. The number of benzene rings is 3. The van der Waals surface area contributed by atoms with E-state index in [1.54, 1.807) is 0 Å². The molecule has 0 amide bonds. The molecule has 102 valence electrons. The highest BCUT2D eigenvalue weighted by atomic mass is 32.2. The highest BCUT2D eigenvalue weighted by molar-refractivity contribution is 7.99. The van der Waals surface area contributed by atoms with Crippen LogP contribution in [-0.2, 0) is 10.9 Å². The summed E-state index contributed by atoms with van der Waals surface area (Å²) in [6.07, 6.45) is 2.21. The van der Waals surface area contributed by atoms with Gasteiger partial charge in [-0.2, -0.15) is 0 Å². The molecule has 0 aliphatic heterocycles. The SMILES string of the molecule is C(=C\[S+](c1ccccc1)c1ccccc1)/c1ccccc1. The molecule has 0 unspecified atom stereocenters. The summed E-state index contributed by atoms with van der Waals surface area (Å²) in [5, 5.41) is 2.31. The summed E-state index contributed by atoms with van der Waals surface area (Å²) < 4.78 is 0. The molecule has 0 heterocycles. The van der Waals surface area contributed by atoms with Gasteiger partial charge < -0.3 is 0 Å². The van der Waals surface area contributed by atoms with E-state index in [4.69, 9.17) is 0 Å². The molecule has 3 aromatic rings. The highest BCUT2D eigenvalue weighted by Crippen LogP contribution is 2.25. The van der Waals surface area contributed by atoms with Crippen molar-refractivity contribution in [2.45, 2.75) is 9.79 Å². The third-order valence-corrected chi connectivity index (χ3v) is 5.16. The first-order chi connectivity index (χ1) is 10.4. The Kier molecular flexibility index (Phi) is 4.55. The van der Waals surface area contributed by atoms with Gasteiger partial charge in [0.25, 0.3) is 0 Å². The maximum atomic E-state index is 2.31. The summed E-state index contributed by atoms with van der Waals surface area (Å²) in [5.41, 5.74) is 1.24. The first kappa shape index (κ1) is 13.7. The molecular formula is C20H17S+. The lowest BCUT2D eigenvalue weighted by molar-refractivity contribution is 1.39. The first-order valence-corrected chi connectivity index (χ1v) is 8.29. The van der Waals surface area contributed by atoms with Crippen LogP contribution < -0.4 is 0 Å². The van der Waals surface area contributed by atoms with Gasteiger partial charge in [0, 0.05) is 0 Å². The van der Waals surface area contributed by atoms with Gasteiger partial charge in [-0.15, -0.1) is 0 Å². The average Bonchev–Trinajstić information content (AvgIpc) is 2.58. The molecule has 0 spiro atoms. The Morgan fingerprint density at radius 2 is 0.952 bits per heavy atom. The second-order valence-electron chi connectivity index (χ2n) is 4.68. The Hall–Kier alpha value is -2.25. The maximum Gasteiger partial charge on any atom is 0.165 e. The van der Waals surface area contributed by atoms with Gasteiger partial charge in [0.2, 0.25) is 0 Å². The van der Waals surface area contributed by atoms with E-state index in [2.05, 4.69) is 96.4 Å². The van der Waals surface area contributed by atoms with E-state index >= 15 is 0 Å². The van der Waals surface area contributed by atoms with E-state index in [0.29, 0.717) is 0 Å². The second-order valence-corrected chi connectivity index (χ2v) is 6.57. The molecule has 0 fully saturated rings. The molecule has 0 nitrogen and oxygen atoms in total. The van der Waals surface area contributed by atoms with Crippen LogP contribution in [0.1, 0.15) is 5.56 Å². The van der Waals surface area contributed by atoms with Crippen molar-refractivity contribution in [1.82, 2.24) is 0 Å². The zero-order chi connectivity index (χ0) is 14.3. The molecule has 0 atom stereocenters. The van der Waals surface area contributed by atoms with E-state index in [-0.39, 0.29) is 10.9 Å². The van der Waals surface area contributed by atoms with Crippen LogP contribution in [0.5, 0.6) is 0 Å². The van der Waals surface area contributed by atoms with Crippen LogP contribution in [0.2, 0.25) is 0 Å². The number of rotatable bonds is 4. The molecule has 0 saturated carbocycles.